The van der Waals surface area contributed by atoms with E-state index in [2.05, 4.69) is 15.2 Å². The predicted octanol–water partition coefficient (Wildman–Crippen LogP) is 1.39. The van der Waals surface area contributed by atoms with Crippen molar-refractivity contribution in [2.75, 3.05) is 0 Å². The highest BCUT2D eigenvalue weighted by atomic mass is 16.1. The summed E-state index contributed by atoms with van der Waals surface area (Å²) in [6.07, 6.45) is 0.678. The van der Waals surface area contributed by atoms with Gasteiger partial charge in [0.15, 0.2) is 5.69 Å². The first kappa shape index (κ1) is 9.58. The van der Waals surface area contributed by atoms with Gasteiger partial charge in [-0.25, -0.2) is 0 Å². The second kappa shape index (κ2) is 4.04. The van der Waals surface area contributed by atoms with Crippen molar-refractivity contribution in [1.29, 1.82) is 0 Å². The average molecular weight is 201 g/mol. The number of nitrogens with one attached hydrogen (secondary N) is 1. The molecule has 0 aliphatic carbocycles. The fourth-order valence-electron chi connectivity index (χ4n) is 1.31. The number of aryl methyl sites for hydroxylation is 1. The zero-order valence-corrected chi connectivity index (χ0v) is 8.40. The lowest BCUT2D eigenvalue weighted by Crippen LogP contribution is -2.15. The summed E-state index contributed by atoms with van der Waals surface area (Å²) in [6.45, 7) is 1.92. The number of aromatic amines is 1. The van der Waals surface area contributed by atoms with Crippen molar-refractivity contribution in [3.8, 4) is 11.3 Å². The molecule has 76 valence electrons. The largest absolute Gasteiger partial charge is 0.307 e. The van der Waals surface area contributed by atoms with Crippen molar-refractivity contribution >= 4 is 0 Å². The summed E-state index contributed by atoms with van der Waals surface area (Å²) in [6, 6.07) is 9.30. The van der Waals surface area contributed by atoms with Gasteiger partial charge in [-0.15, -0.1) is 10.2 Å². The van der Waals surface area contributed by atoms with Gasteiger partial charge in [-0.3, -0.25) is 4.79 Å². The van der Waals surface area contributed by atoms with Crippen LogP contribution >= 0.6 is 0 Å². The van der Waals surface area contributed by atoms with Crippen molar-refractivity contribution in [2.24, 2.45) is 0 Å². The van der Waals surface area contributed by atoms with E-state index < -0.39 is 0 Å². The molecule has 0 atom stereocenters. The van der Waals surface area contributed by atoms with E-state index in [0.29, 0.717) is 17.9 Å². The third-order valence-corrected chi connectivity index (χ3v) is 2.13. The van der Waals surface area contributed by atoms with Crippen molar-refractivity contribution < 1.29 is 0 Å². The molecule has 1 aromatic carbocycles. The molecule has 1 heterocycles. The molecule has 0 radical (unpaired) electrons. The zero-order valence-electron chi connectivity index (χ0n) is 8.40. The molecular weight excluding hydrogens is 190 g/mol. The quantitative estimate of drug-likeness (QED) is 0.798. The van der Waals surface area contributed by atoms with Crippen LogP contribution in [0.5, 0.6) is 0 Å². The Morgan fingerprint density at radius 3 is 2.53 bits per heavy atom. The highest BCUT2D eigenvalue weighted by molar-refractivity contribution is 5.56. The van der Waals surface area contributed by atoms with Gasteiger partial charge >= 0.3 is 0 Å². The van der Waals surface area contributed by atoms with Crippen LogP contribution in [0, 0.1) is 0 Å². The summed E-state index contributed by atoms with van der Waals surface area (Å²) in [5.41, 5.74) is 0.967. The average Bonchev–Trinajstić information content (AvgIpc) is 2.30. The van der Waals surface area contributed by atoms with Crippen LogP contribution in [0.3, 0.4) is 0 Å². The van der Waals surface area contributed by atoms with E-state index in [-0.39, 0.29) is 5.56 Å². The van der Waals surface area contributed by atoms with Gasteiger partial charge in [0.1, 0.15) is 5.82 Å². The van der Waals surface area contributed by atoms with E-state index in [1.165, 1.54) is 0 Å². The van der Waals surface area contributed by atoms with E-state index in [1.54, 1.807) is 0 Å². The van der Waals surface area contributed by atoms with E-state index in [9.17, 15) is 4.79 Å². The van der Waals surface area contributed by atoms with E-state index in [4.69, 9.17) is 0 Å². The lowest BCUT2D eigenvalue weighted by molar-refractivity contribution is 0.836. The van der Waals surface area contributed by atoms with E-state index >= 15 is 0 Å². The van der Waals surface area contributed by atoms with E-state index in [1.807, 2.05) is 37.3 Å². The van der Waals surface area contributed by atoms with Gasteiger partial charge in [0.05, 0.1) is 0 Å². The van der Waals surface area contributed by atoms with Gasteiger partial charge in [0.2, 0.25) is 0 Å². The van der Waals surface area contributed by atoms with Gasteiger partial charge in [0, 0.05) is 12.0 Å². The second-order valence-corrected chi connectivity index (χ2v) is 3.17. The Labute approximate surface area is 87.0 Å². The second-order valence-electron chi connectivity index (χ2n) is 3.17. The lowest BCUT2D eigenvalue weighted by Gasteiger charge is -1.99. The Hall–Kier alpha value is -1.97. The van der Waals surface area contributed by atoms with Gasteiger partial charge in [-0.2, -0.15) is 0 Å². The molecule has 1 aromatic heterocycles. The number of nitrogens with zero attached hydrogens (tertiary/aromatic N) is 2. The summed E-state index contributed by atoms with van der Waals surface area (Å²) >= 11 is 0. The van der Waals surface area contributed by atoms with Crippen molar-refractivity contribution in [3.63, 3.8) is 0 Å². The molecule has 0 aliphatic heterocycles. The first-order valence-corrected chi connectivity index (χ1v) is 4.82. The van der Waals surface area contributed by atoms with Crippen LogP contribution in [-0.2, 0) is 6.42 Å². The maximum absolute atomic E-state index is 11.6. The predicted molar refractivity (Wildman–Crippen MR) is 57.5 cm³/mol. The molecule has 4 heteroatoms. The highest BCUT2D eigenvalue weighted by Gasteiger charge is 2.05. The molecule has 0 aliphatic rings. The lowest BCUT2D eigenvalue weighted by atomic mass is 10.2. The monoisotopic (exact) mass is 201 g/mol. The van der Waals surface area contributed by atoms with E-state index in [0.717, 1.165) is 5.56 Å². The third-order valence-electron chi connectivity index (χ3n) is 2.13. The Morgan fingerprint density at radius 1 is 1.20 bits per heavy atom. The van der Waals surface area contributed by atoms with Gasteiger partial charge in [0.25, 0.3) is 5.56 Å². The smallest absolute Gasteiger partial charge is 0.277 e. The molecule has 0 bridgehead atoms. The standard InChI is InChI=1S/C11H11N3O/c1-2-9-12-11(15)10(14-13-9)8-6-4-3-5-7-8/h3-7H,2H2,1H3,(H,12,13,15). The Kier molecular flexibility index (Phi) is 2.58. The van der Waals surface area contributed by atoms with Gasteiger partial charge in [-0.05, 0) is 0 Å². The molecule has 15 heavy (non-hydrogen) atoms. The van der Waals surface area contributed by atoms with Gasteiger partial charge < -0.3 is 4.98 Å². The van der Waals surface area contributed by atoms with Crippen LogP contribution in [-0.4, -0.2) is 15.2 Å². The Balaban J connectivity index is 2.51. The normalized spacial score (nSPS) is 10.2. The van der Waals surface area contributed by atoms with Crippen LogP contribution in [0.4, 0.5) is 0 Å². The molecule has 2 aromatic rings. The molecule has 0 unspecified atom stereocenters. The number of rotatable bonds is 2. The molecule has 4 nitrogen and oxygen atoms in total. The molecule has 0 saturated heterocycles. The zero-order chi connectivity index (χ0) is 10.7. The van der Waals surface area contributed by atoms with Crippen molar-refractivity contribution in [3.05, 3.63) is 46.5 Å². The first-order valence-electron chi connectivity index (χ1n) is 4.82. The van der Waals surface area contributed by atoms with Gasteiger partial charge in [-0.1, -0.05) is 37.3 Å². The number of benzene rings is 1. The maximum Gasteiger partial charge on any atom is 0.277 e. The molecular formula is C11H11N3O. The minimum absolute atomic E-state index is 0.187. The summed E-state index contributed by atoms with van der Waals surface area (Å²) in [5, 5.41) is 7.85. The molecule has 0 spiro atoms. The van der Waals surface area contributed by atoms with Crippen molar-refractivity contribution in [2.45, 2.75) is 13.3 Å². The number of H-pyrrole nitrogens is 1. The van der Waals surface area contributed by atoms with Crippen LogP contribution < -0.4 is 5.56 Å². The molecule has 1 N–H and O–H groups in total. The SMILES string of the molecule is CCc1nnc(-c2ccccc2)c(=O)[nH]1. The topological polar surface area (TPSA) is 58.6 Å². The van der Waals surface area contributed by atoms with Crippen molar-refractivity contribution in [1.82, 2.24) is 15.2 Å². The number of hydrogen-bond donors (Lipinski definition) is 1. The third kappa shape index (κ3) is 1.93. The Bertz CT molecular complexity index is 505. The summed E-state index contributed by atoms with van der Waals surface area (Å²) in [4.78, 5) is 14.3. The number of aromatic nitrogens is 3. The highest BCUT2D eigenvalue weighted by Crippen LogP contribution is 2.09. The van der Waals surface area contributed by atoms with Crippen LogP contribution in [0.1, 0.15) is 12.7 Å². The maximum atomic E-state index is 11.6. The molecule has 0 fully saturated rings. The fourth-order valence-corrected chi connectivity index (χ4v) is 1.31. The minimum Gasteiger partial charge on any atom is -0.307 e. The number of hydrogen-bond acceptors (Lipinski definition) is 3. The first-order chi connectivity index (χ1) is 7.31. The Morgan fingerprint density at radius 2 is 1.93 bits per heavy atom. The summed E-state index contributed by atoms with van der Waals surface area (Å²) < 4.78 is 0. The van der Waals surface area contributed by atoms with Crippen LogP contribution in [0.15, 0.2) is 35.1 Å². The fraction of sp³-hybridized carbons (Fsp3) is 0.182. The summed E-state index contributed by atoms with van der Waals surface area (Å²) in [7, 11) is 0. The molecule has 0 saturated carbocycles. The van der Waals surface area contributed by atoms with Crippen LogP contribution in [0.2, 0.25) is 0 Å². The molecule has 2 rings (SSSR count). The van der Waals surface area contributed by atoms with Crippen LogP contribution in [0.25, 0.3) is 11.3 Å². The summed E-state index contributed by atoms with van der Waals surface area (Å²) in [5.74, 6) is 0.611. The molecule has 0 amide bonds. The minimum atomic E-state index is -0.187.